The van der Waals surface area contributed by atoms with Crippen LogP contribution >= 0.6 is 22.6 Å². The molecule has 0 fully saturated rings. The lowest BCUT2D eigenvalue weighted by atomic mass is 10.1. The Labute approximate surface area is 104 Å². The summed E-state index contributed by atoms with van der Waals surface area (Å²) in [6.07, 6.45) is -2.30. The van der Waals surface area contributed by atoms with Crippen molar-refractivity contribution in [2.75, 3.05) is 7.11 Å². The number of hydrogen-bond acceptors (Lipinski definition) is 3. The summed E-state index contributed by atoms with van der Waals surface area (Å²) in [5.74, 6) is -1.09. The highest BCUT2D eigenvalue weighted by atomic mass is 127. The molecule has 7 heteroatoms. The predicted molar refractivity (Wildman–Crippen MR) is 59.8 cm³/mol. The summed E-state index contributed by atoms with van der Waals surface area (Å²) >= 11 is 1.80. The van der Waals surface area contributed by atoms with E-state index >= 15 is 0 Å². The molecule has 0 spiro atoms. The van der Waals surface area contributed by atoms with Crippen LogP contribution < -0.4 is 4.74 Å². The Bertz CT molecular complexity index is 412. The molecule has 1 aromatic heterocycles. The quantitative estimate of drug-likeness (QED) is 0.673. The molecule has 16 heavy (non-hydrogen) atoms. The van der Waals surface area contributed by atoms with Gasteiger partial charge in [-0.25, -0.2) is 13.8 Å². The lowest BCUT2D eigenvalue weighted by Gasteiger charge is -2.12. The number of methoxy groups -OCH3 is 1. The third-order valence-electron chi connectivity index (χ3n) is 1.89. The number of ether oxygens (including phenoxy) is 1. The molecule has 0 radical (unpaired) electrons. The van der Waals surface area contributed by atoms with Crippen molar-refractivity contribution in [2.24, 2.45) is 0 Å². The maximum absolute atomic E-state index is 12.6. The van der Waals surface area contributed by atoms with Gasteiger partial charge in [0.05, 0.1) is 13.5 Å². The highest BCUT2D eigenvalue weighted by Gasteiger charge is 2.21. The second-order valence-corrected chi connectivity index (χ2v) is 3.91. The standard InChI is InChI=1S/C9H8F2INO3/c1-16-7-4(2-6(14)15)5(8(10)11)3-13-9(7)12/h3,8H,2H2,1H3,(H,14,15). The summed E-state index contributed by atoms with van der Waals surface area (Å²) in [6.45, 7) is 0. The summed E-state index contributed by atoms with van der Waals surface area (Å²) in [5.41, 5.74) is -0.427. The van der Waals surface area contributed by atoms with E-state index in [2.05, 4.69) is 4.98 Å². The Kier molecular flexibility index (Phi) is 4.39. The molecule has 1 heterocycles. The van der Waals surface area contributed by atoms with Crippen molar-refractivity contribution in [1.82, 2.24) is 4.98 Å². The summed E-state index contributed by atoms with van der Waals surface area (Å²) in [7, 11) is 1.29. The van der Waals surface area contributed by atoms with Crippen LogP contribution in [0.3, 0.4) is 0 Å². The molecule has 0 unspecified atom stereocenters. The number of aliphatic carboxylic acids is 1. The minimum Gasteiger partial charge on any atom is -0.494 e. The van der Waals surface area contributed by atoms with Gasteiger partial charge in [-0.3, -0.25) is 4.79 Å². The van der Waals surface area contributed by atoms with Crippen LogP contribution in [0.15, 0.2) is 6.20 Å². The van der Waals surface area contributed by atoms with E-state index < -0.39 is 24.4 Å². The summed E-state index contributed by atoms with van der Waals surface area (Å²) < 4.78 is 30.5. The zero-order valence-corrected chi connectivity index (χ0v) is 10.4. The molecular formula is C9H8F2INO3. The van der Waals surface area contributed by atoms with Crippen molar-refractivity contribution in [3.05, 3.63) is 21.0 Å². The Morgan fingerprint density at radius 2 is 2.31 bits per heavy atom. The second-order valence-electron chi connectivity index (χ2n) is 2.89. The number of carboxylic acid groups (broad SMARTS) is 1. The Hall–Kier alpha value is -0.990. The van der Waals surface area contributed by atoms with Crippen molar-refractivity contribution in [3.8, 4) is 5.75 Å². The Balaban J connectivity index is 3.34. The molecule has 1 rings (SSSR count). The largest absolute Gasteiger partial charge is 0.494 e. The molecular weight excluding hydrogens is 335 g/mol. The number of alkyl halides is 2. The number of rotatable bonds is 4. The van der Waals surface area contributed by atoms with Crippen LogP contribution in [0.25, 0.3) is 0 Å². The maximum Gasteiger partial charge on any atom is 0.307 e. The van der Waals surface area contributed by atoms with Crippen LogP contribution in [0.2, 0.25) is 0 Å². The lowest BCUT2D eigenvalue weighted by molar-refractivity contribution is -0.136. The van der Waals surface area contributed by atoms with Gasteiger partial charge in [-0.15, -0.1) is 0 Å². The Morgan fingerprint density at radius 3 is 2.75 bits per heavy atom. The van der Waals surface area contributed by atoms with Crippen LogP contribution in [0.1, 0.15) is 17.6 Å². The van der Waals surface area contributed by atoms with Crippen molar-refractivity contribution >= 4 is 28.6 Å². The minimum atomic E-state index is -2.77. The van der Waals surface area contributed by atoms with Gasteiger partial charge in [0, 0.05) is 17.3 Å². The number of nitrogens with zero attached hydrogens (tertiary/aromatic N) is 1. The molecule has 0 aromatic carbocycles. The van der Waals surface area contributed by atoms with E-state index in [0.29, 0.717) is 3.70 Å². The average Bonchev–Trinajstić information content (AvgIpc) is 2.16. The van der Waals surface area contributed by atoms with E-state index in [1.54, 1.807) is 22.6 Å². The monoisotopic (exact) mass is 343 g/mol. The number of aromatic nitrogens is 1. The zero-order chi connectivity index (χ0) is 12.3. The third-order valence-corrected chi connectivity index (χ3v) is 2.66. The molecule has 0 aliphatic carbocycles. The fourth-order valence-corrected chi connectivity index (χ4v) is 1.93. The highest BCUT2D eigenvalue weighted by Crippen LogP contribution is 2.32. The smallest absolute Gasteiger partial charge is 0.307 e. The number of pyridine rings is 1. The van der Waals surface area contributed by atoms with Crippen molar-refractivity contribution < 1.29 is 23.4 Å². The second kappa shape index (κ2) is 5.37. The van der Waals surface area contributed by atoms with Gasteiger partial charge in [-0.05, 0) is 22.6 Å². The van der Waals surface area contributed by atoms with E-state index in [-0.39, 0.29) is 11.3 Å². The first-order valence-electron chi connectivity index (χ1n) is 4.18. The zero-order valence-electron chi connectivity index (χ0n) is 8.21. The topological polar surface area (TPSA) is 59.4 Å². The van der Waals surface area contributed by atoms with Crippen LogP contribution in [-0.2, 0) is 11.2 Å². The molecule has 1 aromatic rings. The van der Waals surface area contributed by atoms with Gasteiger partial charge in [0.1, 0.15) is 3.70 Å². The lowest BCUT2D eigenvalue weighted by Crippen LogP contribution is -2.08. The fourth-order valence-electron chi connectivity index (χ4n) is 1.25. The third kappa shape index (κ3) is 2.77. The van der Waals surface area contributed by atoms with Crippen LogP contribution in [0.4, 0.5) is 8.78 Å². The van der Waals surface area contributed by atoms with Crippen molar-refractivity contribution in [1.29, 1.82) is 0 Å². The van der Waals surface area contributed by atoms with Gasteiger partial charge in [0.25, 0.3) is 6.43 Å². The first-order valence-corrected chi connectivity index (χ1v) is 5.26. The first kappa shape index (κ1) is 13.1. The molecule has 0 aliphatic heterocycles. The first-order chi connectivity index (χ1) is 7.47. The summed E-state index contributed by atoms with van der Waals surface area (Å²) in [4.78, 5) is 14.3. The number of halogens is 3. The van der Waals surface area contributed by atoms with Crippen molar-refractivity contribution in [3.63, 3.8) is 0 Å². The van der Waals surface area contributed by atoms with Crippen molar-refractivity contribution in [2.45, 2.75) is 12.8 Å². The molecule has 0 atom stereocenters. The van der Waals surface area contributed by atoms with E-state index in [4.69, 9.17) is 9.84 Å². The fraction of sp³-hybridized carbons (Fsp3) is 0.333. The molecule has 0 bridgehead atoms. The van der Waals surface area contributed by atoms with Gasteiger partial charge in [0.15, 0.2) is 5.75 Å². The molecule has 88 valence electrons. The molecule has 0 saturated heterocycles. The van der Waals surface area contributed by atoms with E-state index in [9.17, 15) is 13.6 Å². The average molecular weight is 343 g/mol. The van der Waals surface area contributed by atoms with Gasteiger partial charge < -0.3 is 9.84 Å². The van der Waals surface area contributed by atoms with Gasteiger partial charge >= 0.3 is 5.97 Å². The van der Waals surface area contributed by atoms with Gasteiger partial charge in [-0.2, -0.15) is 0 Å². The van der Waals surface area contributed by atoms with Crippen LogP contribution in [0, 0.1) is 3.70 Å². The van der Waals surface area contributed by atoms with Crippen LogP contribution in [-0.4, -0.2) is 23.2 Å². The number of hydrogen-bond donors (Lipinski definition) is 1. The van der Waals surface area contributed by atoms with Gasteiger partial charge in [-0.1, -0.05) is 0 Å². The molecule has 4 nitrogen and oxygen atoms in total. The van der Waals surface area contributed by atoms with E-state index in [0.717, 1.165) is 6.20 Å². The number of carbonyl (C=O) groups is 1. The molecule has 0 saturated carbocycles. The summed E-state index contributed by atoms with van der Waals surface area (Å²) in [6, 6.07) is 0. The van der Waals surface area contributed by atoms with Crippen LogP contribution in [0.5, 0.6) is 5.75 Å². The van der Waals surface area contributed by atoms with E-state index in [1.807, 2.05) is 0 Å². The molecule has 1 N–H and O–H groups in total. The summed E-state index contributed by atoms with van der Waals surface area (Å²) in [5, 5.41) is 8.66. The van der Waals surface area contributed by atoms with E-state index in [1.165, 1.54) is 7.11 Å². The normalized spacial score (nSPS) is 10.6. The minimum absolute atomic E-state index is 0.0237. The Morgan fingerprint density at radius 1 is 1.69 bits per heavy atom. The van der Waals surface area contributed by atoms with Gasteiger partial charge in [0.2, 0.25) is 0 Å². The highest BCUT2D eigenvalue weighted by molar-refractivity contribution is 14.1. The molecule has 0 aliphatic rings. The number of carboxylic acids is 1. The predicted octanol–water partition coefficient (Wildman–Crippen LogP) is 2.26. The molecule has 0 amide bonds. The maximum atomic E-state index is 12.6. The SMILES string of the molecule is COc1c(I)ncc(C(F)F)c1CC(=O)O.